The predicted molar refractivity (Wildman–Crippen MR) is 79.3 cm³/mol. The Hall–Kier alpha value is -1.03. The molecule has 1 unspecified atom stereocenters. The van der Waals surface area contributed by atoms with E-state index < -0.39 is 5.54 Å². The van der Waals surface area contributed by atoms with Crippen LogP contribution in [0.1, 0.15) is 46.5 Å². The van der Waals surface area contributed by atoms with Crippen molar-refractivity contribution in [3.63, 3.8) is 0 Å². The van der Waals surface area contributed by atoms with Crippen molar-refractivity contribution in [3.8, 4) is 0 Å². The Morgan fingerprint density at radius 2 is 2.00 bits per heavy atom. The summed E-state index contributed by atoms with van der Waals surface area (Å²) in [4.78, 5) is 27.1. The van der Waals surface area contributed by atoms with Gasteiger partial charge in [-0.1, -0.05) is 25.4 Å². The van der Waals surface area contributed by atoms with Crippen molar-refractivity contribution in [2.24, 2.45) is 5.92 Å². The molecule has 112 valence electrons. The van der Waals surface area contributed by atoms with Gasteiger partial charge in [-0.05, 0) is 44.1 Å². The monoisotopic (exact) mass is 298 g/mol. The Labute approximate surface area is 125 Å². The standard InChI is InChI=1S/C15H23ClN2O2/c1-4-15(5-2)14(20)18(9-10(3)8-16)12(11-6-7-11)13(19)17-15/h8,11-12H,4-7,9H2,1-3H3,(H,17,19). The molecule has 4 nitrogen and oxygen atoms in total. The van der Waals surface area contributed by atoms with Crippen LogP contribution in [0.4, 0.5) is 0 Å². The van der Waals surface area contributed by atoms with Crippen LogP contribution < -0.4 is 5.32 Å². The molecule has 0 aromatic carbocycles. The number of hydrogen-bond acceptors (Lipinski definition) is 2. The van der Waals surface area contributed by atoms with E-state index in [4.69, 9.17) is 11.6 Å². The first-order valence-electron chi connectivity index (χ1n) is 7.38. The van der Waals surface area contributed by atoms with Crippen LogP contribution in [-0.2, 0) is 9.59 Å². The fraction of sp³-hybridized carbons (Fsp3) is 0.733. The first kappa shape index (κ1) is 15.4. The van der Waals surface area contributed by atoms with Crippen LogP contribution in [0.15, 0.2) is 11.1 Å². The Morgan fingerprint density at radius 1 is 1.40 bits per heavy atom. The average molecular weight is 299 g/mol. The van der Waals surface area contributed by atoms with Crippen LogP contribution in [0.3, 0.4) is 0 Å². The van der Waals surface area contributed by atoms with Crippen molar-refractivity contribution < 1.29 is 9.59 Å². The second-order valence-electron chi connectivity index (χ2n) is 5.95. The quantitative estimate of drug-likeness (QED) is 0.847. The van der Waals surface area contributed by atoms with Crippen LogP contribution in [0.2, 0.25) is 0 Å². The fourth-order valence-electron chi connectivity index (χ4n) is 2.99. The topological polar surface area (TPSA) is 49.4 Å². The summed E-state index contributed by atoms with van der Waals surface area (Å²) in [5.74, 6) is 0.351. The lowest BCUT2D eigenvalue weighted by molar-refractivity contribution is -0.155. The number of rotatable bonds is 5. The molecule has 1 heterocycles. The molecule has 0 aromatic rings. The second kappa shape index (κ2) is 5.76. The smallest absolute Gasteiger partial charge is 0.249 e. The lowest BCUT2D eigenvalue weighted by atomic mass is 9.86. The molecule has 1 N–H and O–H groups in total. The summed E-state index contributed by atoms with van der Waals surface area (Å²) < 4.78 is 0. The molecule has 1 aliphatic carbocycles. The summed E-state index contributed by atoms with van der Waals surface area (Å²) >= 11 is 5.74. The van der Waals surface area contributed by atoms with Crippen molar-refractivity contribution >= 4 is 23.4 Å². The first-order valence-corrected chi connectivity index (χ1v) is 7.81. The molecule has 5 heteroatoms. The van der Waals surface area contributed by atoms with Crippen LogP contribution in [0, 0.1) is 5.92 Å². The maximum absolute atomic E-state index is 12.9. The third-order valence-corrected chi connectivity index (χ3v) is 4.89. The summed E-state index contributed by atoms with van der Waals surface area (Å²) in [5.41, 5.74) is 1.65. The number of halogens is 1. The van der Waals surface area contributed by atoms with Gasteiger partial charge in [-0.2, -0.15) is 0 Å². The minimum absolute atomic E-state index is 0.00169. The van der Waals surface area contributed by atoms with Crippen LogP contribution in [0.5, 0.6) is 0 Å². The molecule has 20 heavy (non-hydrogen) atoms. The van der Waals surface area contributed by atoms with Crippen molar-refractivity contribution in [1.82, 2.24) is 10.2 Å². The van der Waals surface area contributed by atoms with E-state index in [9.17, 15) is 9.59 Å². The van der Waals surface area contributed by atoms with Crippen molar-refractivity contribution in [1.29, 1.82) is 0 Å². The van der Waals surface area contributed by atoms with E-state index in [0.717, 1.165) is 18.4 Å². The molecule has 0 radical (unpaired) electrons. The summed E-state index contributed by atoms with van der Waals surface area (Å²) in [6.45, 7) is 6.22. The average Bonchev–Trinajstić information content (AvgIpc) is 3.27. The van der Waals surface area contributed by atoms with Crippen molar-refractivity contribution in [3.05, 3.63) is 11.1 Å². The van der Waals surface area contributed by atoms with Gasteiger partial charge in [0.1, 0.15) is 11.6 Å². The SMILES string of the molecule is CCC1(CC)NC(=O)C(C2CC2)N(CC(C)=CCl)C1=O. The Balaban J connectivity index is 2.33. The highest BCUT2D eigenvalue weighted by Crippen LogP contribution is 2.39. The number of carbonyl (C=O) groups is 2. The normalized spacial score (nSPS) is 26.7. The summed E-state index contributed by atoms with van der Waals surface area (Å²) in [7, 11) is 0. The third kappa shape index (κ3) is 2.58. The molecule has 1 atom stereocenters. The van der Waals surface area contributed by atoms with E-state index >= 15 is 0 Å². The van der Waals surface area contributed by atoms with E-state index in [0.29, 0.717) is 25.3 Å². The largest absolute Gasteiger partial charge is 0.340 e. The van der Waals surface area contributed by atoms with Crippen LogP contribution >= 0.6 is 11.6 Å². The van der Waals surface area contributed by atoms with Gasteiger partial charge < -0.3 is 10.2 Å². The van der Waals surface area contributed by atoms with Gasteiger partial charge in [0.05, 0.1) is 0 Å². The molecule has 2 fully saturated rings. The van der Waals surface area contributed by atoms with E-state index in [2.05, 4.69) is 5.32 Å². The van der Waals surface area contributed by atoms with E-state index in [1.165, 1.54) is 5.54 Å². The summed E-state index contributed by atoms with van der Waals surface area (Å²) in [6.07, 6.45) is 3.28. The molecular weight excluding hydrogens is 276 g/mol. The van der Waals surface area contributed by atoms with Crippen LogP contribution in [-0.4, -0.2) is 34.8 Å². The molecule has 0 aromatic heterocycles. The van der Waals surface area contributed by atoms with Crippen molar-refractivity contribution in [2.45, 2.75) is 58.0 Å². The Morgan fingerprint density at radius 3 is 2.45 bits per heavy atom. The third-order valence-electron chi connectivity index (χ3n) is 4.52. The van der Waals surface area contributed by atoms with Gasteiger partial charge in [0, 0.05) is 12.1 Å². The number of piperazine rings is 1. The maximum atomic E-state index is 12.9. The highest BCUT2D eigenvalue weighted by molar-refractivity contribution is 6.25. The second-order valence-corrected chi connectivity index (χ2v) is 6.17. The summed E-state index contributed by atoms with van der Waals surface area (Å²) in [6, 6.07) is -0.319. The van der Waals surface area contributed by atoms with Gasteiger partial charge in [-0.3, -0.25) is 9.59 Å². The predicted octanol–water partition coefficient (Wildman–Crippen LogP) is 2.42. The van der Waals surface area contributed by atoms with Crippen LogP contribution in [0.25, 0.3) is 0 Å². The maximum Gasteiger partial charge on any atom is 0.249 e. The highest BCUT2D eigenvalue weighted by Gasteiger charge is 2.52. The zero-order valence-electron chi connectivity index (χ0n) is 12.4. The van der Waals surface area contributed by atoms with E-state index in [-0.39, 0.29) is 17.9 Å². The highest BCUT2D eigenvalue weighted by atomic mass is 35.5. The molecule has 1 saturated heterocycles. The van der Waals surface area contributed by atoms with Gasteiger partial charge in [0.25, 0.3) is 0 Å². The molecule has 2 aliphatic rings. The number of nitrogens with one attached hydrogen (secondary N) is 1. The fourth-order valence-corrected chi connectivity index (χ4v) is 3.06. The molecular formula is C15H23ClN2O2. The zero-order valence-corrected chi connectivity index (χ0v) is 13.2. The van der Waals surface area contributed by atoms with Gasteiger partial charge in [0.2, 0.25) is 11.8 Å². The lowest BCUT2D eigenvalue weighted by Gasteiger charge is -2.46. The first-order chi connectivity index (χ1) is 9.49. The molecule has 1 aliphatic heterocycles. The van der Waals surface area contributed by atoms with Gasteiger partial charge in [-0.25, -0.2) is 0 Å². The molecule has 0 spiro atoms. The molecule has 2 rings (SSSR count). The number of hydrogen-bond donors (Lipinski definition) is 1. The molecule has 1 saturated carbocycles. The van der Waals surface area contributed by atoms with Gasteiger partial charge >= 0.3 is 0 Å². The van der Waals surface area contributed by atoms with Crippen molar-refractivity contribution in [2.75, 3.05) is 6.54 Å². The van der Waals surface area contributed by atoms with E-state index in [1.54, 1.807) is 4.90 Å². The Bertz CT molecular complexity index is 439. The van der Waals surface area contributed by atoms with E-state index in [1.807, 2.05) is 20.8 Å². The zero-order chi connectivity index (χ0) is 14.9. The molecule has 0 bridgehead atoms. The minimum atomic E-state index is -0.741. The minimum Gasteiger partial charge on any atom is -0.340 e. The Kier molecular flexibility index (Phi) is 4.43. The lowest BCUT2D eigenvalue weighted by Crippen LogP contribution is -2.70. The number of nitrogens with zero attached hydrogens (tertiary/aromatic N) is 1. The molecule has 2 amide bonds. The number of carbonyl (C=O) groups excluding carboxylic acids is 2. The van der Waals surface area contributed by atoms with Gasteiger partial charge in [0.15, 0.2) is 0 Å². The van der Waals surface area contributed by atoms with Gasteiger partial charge in [-0.15, -0.1) is 0 Å². The number of amides is 2. The summed E-state index contributed by atoms with van der Waals surface area (Å²) in [5, 5.41) is 2.99.